The second kappa shape index (κ2) is 7.72. The molecule has 1 aliphatic heterocycles. The van der Waals surface area contributed by atoms with Crippen molar-refractivity contribution < 1.29 is 9.53 Å². The summed E-state index contributed by atoms with van der Waals surface area (Å²) in [5, 5.41) is 0.928. The van der Waals surface area contributed by atoms with Gasteiger partial charge in [0.1, 0.15) is 10.8 Å². The van der Waals surface area contributed by atoms with Crippen molar-refractivity contribution in [3.63, 3.8) is 0 Å². The molecular weight excluding hydrogens is 324 g/mol. The third-order valence-corrected chi connectivity index (χ3v) is 5.25. The van der Waals surface area contributed by atoms with Crippen LogP contribution in [0.2, 0.25) is 0 Å². The van der Waals surface area contributed by atoms with Gasteiger partial charge in [-0.15, -0.1) is 11.3 Å². The average Bonchev–Trinajstić information content (AvgIpc) is 2.95. The number of rotatable bonds is 5. The van der Waals surface area contributed by atoms with Gasteiger partial charge in [0.25, 0.3) is 0 Å². The molecule has 3 heterocycles. The molecule has 0 N–H and O–H groups in total. The molecule has 0 spiro atoms. The molecule has 1 fully saturated rings. The number of hydrogen-bond acceptors (Lipinski definition) is 6. The van der Waals surface area contributed by atoms with Crippen molar-refractivity contribution in [1.82, 2.24) is 14.9 Å². The number of pyridine rings is 1. The van der Waals surface area contributed by atoms with E-state index in [1.807, 2.05) is 30.0 Å². The molecule has 0 atom stereocenters. The van der Waals surface area contributed by atoms with Gasteiger partial charge in [-0.2, -0.15) is 0 Å². The van der Waals surface area contributed by atoms with Gasteiger partial charge >= 0.3 is 0 Å². The number of methoxy groups -OCH3 is 1. The minimum atomic E-state index is 0.173. The molecule has 0 bridgehead atoms. The molecule has 0 aliphatic carbocycles. The Balaban J connectivity index is 1.55. The van der Waals surface area contributed by atoms with E-state index in [4.69, 9.17) is 4.74 Å². The molecule has 128 valence electrons. The van der Waals surface area contributed by atoms with Gasteiger partial charge in [0.15, 0.2) is 0 Å². The standard InChI is InChI=1S/C17H22N4O2S/c1-13-14(24-16(19-13)12-23-2)11-17(22)21-9-7-20(8-10-21)15-5-3-4-6-18-15/h3-6H,7-12H2,1-2H3. The summed E-state index contributed by atoms with van der Waals surface area (Å²) in [6.45, 7) is 5.56. The van der Waals surface area contributed by atoms with Crippen molar-refractivity contribution in [3.05, 3.63) is 40.0 Å². The highest BCUT2D eigenvalue weighted by Gasteiger charge is 2.23. The number of thiazole rings is 1. The zero-order valence-corrected chi connectivity index (χ0v) is 14.9. The molecule has 1 saturated heterocycles. The first-order valence-electron chi connectivity index (χ1n) is 8.05. The van der Waals surface area contributed by atoms with Crippen LogP contribution in [0.1, 0.15) is 15.6 Å². The molecule has 3 rings (SSSR count). The zero-order valence-electron chi connectivity index (χ0n) is 14.1. The first kappa shape index (κ1) is 16.9. The highest BCUT2D eigenvalue weighted by Crippen LogP contribution is 2.21. The number of carbonyl (C=O) groups excluding carboxylic acids is 1. The number of amides is 1. The Labute approximate surface area is 146 Å². The number of ether oxygens (including phenoxy) is 1. The summed E-state index contributed by atoms with van der Waals surface area (Å²) in [6, 6.07) is 5.91. The second-order valence-corrected chi connectivity index (χ2v) is 6.95. The van der Waals surface area contributed by atoms with Gasteiger partial charge in [-0.3, -0.25) is 4.79 Å². The van der Waals surface area contributed by atoms with Crippen molar-refractivity contribution in [2.45, 2.75) is 20.0 Å². The summed E-state index contributed by atoms with van der Waals surface area (Å²) < 4.78 is 5.11. The summed E-state index contributed by atoms with van der Waals surface area (Å²) in [5.74, 6) is 1.15. The maximum absolute atomic E-state index is 12.6. The molecule has 7 heteroatoms. The van der Waals surface area contributed by atoms with Gasteiger partial charge in [0.05, 0.1) is 18.7 Å². The Morgan fingerprint density at radius 3 is 2.75 bits per heavy atom. The van der Waals surface area contributed by atoms with E-state index in [0.29, 0.717) is 13.0 Å². The van der Waals surface area contributed by atoms with Crippen LogP contribution >= 0.6 is 11.3 Å². The first-order chi connectivity index (χ1) is 11.7. The Hall–Kier alpha value is -1.99. The lowest BCUT2D eigenvalue weighted by Crippen LogP contribution is -2.49. The van der Waals surface area contributed by atoms with Gasteiger partial charge in [-0.25, -0.2) is 9.97 Å². The van der Waals surface area contributed by atoms with E-state index in [9.17, 15) is 4.79 Å². The van der Waals surface area contributed by atoms with E-state index in [2.05, 4.69) is 14.9 Å². The fourth-order valence-corrected chi connectivity index (χ4v) is 3.85. The van der Waals surface area contributed by atoms with Crippen LogP contribution in [0.15, 0.2) is 24.4 Å². The summed E-state index contributed by atoms with van der Waals surface area (Å²) in [7, 11) is 1.66. The van der Waals surface area contributed by atoms with Gasteiger partial charge in [0, 0.05) is 44.4 Å². The second-order valence-electron chi connectivity index (χ2n) is 5.78. The summed E-state index contributed by atoms with van der Waals surface area (Å²) in [5.41, 5.74) is 0.938. The molecule has 6 nitrogen and oxygen atoms in total. The largest absolute Gasteiger partial charge is 0.378 e. The summed E-state index contributed by atoms with van der Waals surface area (Å²) >= 11 is 1.57. The highest BCUT2D eigenvalue weighted by molar-refractivity contribution is 7.11. The highest BCUT2D eigenvalue weighted by atomic mass is 32.1. The predicted molar refractivity (Wildman–Crippen MR) is 94.3 cm³/mol. The SMILES string of the molecule is COCc1nc(C)c(CC(=O)N2CCN(c3ccccn3)CC2)s1. The molecule has 2 aromatic heterocycles. The van der Waals surface area contributed by atoms with Gasteiger partial charge in [0.2, 0.25) is 5.91 Å². The molecule has 0 radical (unpaired) electrons. The van der Waals surface area contributed by atoms with Crippen LogP contribution in [0, 0.1) is 6.92 Å². The molecule has 1 amide bonds. The normalized spacial score (nSPS) is 14.9. The van der Waals surface area contributed by atoms with Crippen molar-refractivity contribution in [2.75, 3.05) is 38.2 Å². The minimum Gasteiger partial charge on any atom is -0.378 e. The number of aryl methyl sites for hydroxylation is 1. The molecular formula is C17H22N4O2S. The monoisotopic (exact) mass is 346 g/mol. The lowest BCUT2D eigenvalue weighted by atomic mass is 10.2. The van der Waals surface area contributed by atoms with Crippen LogP contribution in [0.25, 0.3) is 0 Å². The van der Waals surface area contributed by atoms with Gasteiger partial charge < -0.3 is 14.5 Å². The maximum Gasteiger partial charge on any atom is 0.228 e. The van der Waals surface area contributed by atoms with E-state index in [1.165, 1.54) is 0 Å². The number of anilines is 1. The molecule has 2 aromatic rings. The van der Waals surface area contributed by atoms with Crippen LogP contribution in [-0.4, -0.2) is 54.1 Å². The first-order valence-corrected chi connectivity index (χ1v) is 8.87. The number of carbonyl (C=O) groups is 1. The van der Waals surface area contributed by atoms with E-state index in [-0.39, 0.29) is 5.91 Å². The Kier molecular flexibility index (Phi) is 5.42. The van der Waals surface area contributed by atoms with E-state index in [1.54, 1.807) is 24.6 Å². The van der Waals surface area contributed by atoms with Gasteiger partial charge in [-0.05, 0) is 19.1 Å². The molecule has 0 unspecified atom stereocenters. The minimum absolute atomic E-state index is 0.173. The number of aromatic nitrogens is 2. The molecule has 0 saturated carbocycles. The smallest absolute Gasteiger partial charge is 0.228 e. The van der Waals surface area contributed by atoms with Crippen molar-refractivity contribution >= 4 is 23.1 Å². The van der Waals surface area contributed by atoms with Crippen molar-refractivity contribution in [3.8, 4) is 0 Å². The molecule has 1 aliphatic rings. The number of hydrogen-bond donors (Lipinski definition) is 0. The quantitative estimate of drug-likeness (QED) is 0.827. The van der Waals surface area contributed by atoms with Crippen molar-refractivity contribution in [2.24, 2.45) is 0 Å². The maximum atomic E-state index is 12.6. The van der Waals surface area contributed by atoms with Crippen LogP contribution < -0.4 is 4.90 Å². The number of piperazine rings is 1. The van der Waals surface area contributed by atoms with Crippen molar-refractivity contribution in [1.29, 1.82) is 0 Å². The summed E-state index contributed by atoms with van der Waals surface area (Å²) in [4.78, 5) is 26.6. The molecule has 24 heavy (non-hydrogen) atoms. The Morgan fingerprint density at radius 1 is 1.29 bits per heavy atom. The van der Waals surface area contributed by atoms with E-state index in [0.717, 1.165) is 47.6 Å². The fraction of sp³-hybridized carbons (Fsp3) is 0.471. The fourth-order valence-electron chi connectivity index (χ4n) is 2.81. The number of nitrogens with zero attached hydrogens (tertiary/aromatic N) is 4. The average molecular weight is 346 g/mol. The lowest BCUT2D eigenvalue weighted by Gasteiger charge is -2.35. The Morgan fingerprint density at radius 2 is 2.08 bits per heavy atom. The predicted octanol–water partition coefficient (Wildman–Crippen LogP) is 1.88. The lowest BCUT2D eigenvalue weighted by molar-refractivity contribution is -0.130. The zero-order chi connectivity index (χ0) is 16.9. The van der Waals surface area contributed by atoms with Crippen LogP contribution in [0.5, 0.6) is 0 Å². The molecule has 0 aromatic carbocycles. The van der Waals surface area contributed by atoms with Crippen LogP contribution in [0.4, 0.5) is 5.82 Å². The Bertz CT molecular complexity index is 681. The van der Waals surface area contributed by atoms with Crippen LogP contribution in [-0.2, 0) is 22.6 Å². The van der Waals surface area contributed by atoms with Gasteiger partial charge in [-0.1, -0.05) is 6.07 Å². The third-order valence-electron chi connectivity index (χ3n) is 4.12. The van der Waals surface area contributed by atoms with E-state index >= 15 is 0 Å². The van der Waals surface area contributed by atoms with E-state index < -0.39 is 0 Å². The summed E-state index contributed by atoms with van der Waals surface area (Å²) in [6.07, 6.45) is 2.23. The van der Waals surface area contributed by atoms with Crippen LogP contribution in [0.3, 0.4) is 0 Å². The topological polar surface area (TPSA) is 58.6 Å². The third kappa shape index (κ3) is 3.91.